The third kappa shape index (κ3) is 5.65. The number of likely N-dealkylation sites (tertiary alicyclic amines) is 1. The highest BCUT2D eigenvalue weighted by atomic mass is 16.5. The van der Waals surface area contributed by atoms with E-state index in [1.807, 2.05) is 37.3 Å². The molecule has 0 radical (unpaired) electrons. The minimum atomic E-state index is -0.0865. The second-order valence-corrected chi connectivity index (χ2v) is 9.34. The van der Waals surface area contributed by atoms with E-state index < -0.39 is 0 Å². The highest BCUT2D eigenvalue weighted by Crippen LogP contribution is 2.32. The lowest BCUT2D eigenvalue weighted by molar-refractivity contribution is -0.121. The second kappa shape index (κ2) is 10.9. The van der Waals surface area contributed by atoms with Crippen molar-refractivity contribution in [1.29, 1.82) is 0 Å². The fourth-order valence-corrected chi connectivity index (χ4v) is 4.58. The van der Waals surface area contributed by atoms with E-state index in [4.69, 9.17) is 14.0 Å². The Morgan fingerprint density at radius 3 is 2.74 bits per heavy atom. The molecule has 1 aliphatic rings. The molecule has 2 aromatic carbocycles. The number of methoxy groups -OCH3 is 2. The van der Waals surface area contributed by atoms with Gasteiger partial charge in [0.15, 0.2) is 11.5 Å². The number of hydrogen-bond acceptors (Lipinski definition) is 7. The average Bonchev–Trinajstić information content (AvgIpc) is 3.33. The third-order valence-corrected chi connectivity index (χ3v) is 6.52. The number of ether oxygens (including phenoxy) is 2. The number of aromatic nitrogens is 2. The molecule has 0 bridgehead atoms. The minimum absolute atomic E-state index is 0.0717. The number of rotatable bonds is 8. The second-order valence-electron chi connectivity index (χ2n) is 9.34. The largest absolute Gasteiger partial charge is 0.493 e. The molecule has 0 spiro atoms. The van der Waals surface area contributed by atoms with Crippen molar-refractivity contribution in [3.63, 3.8) is 0 Å². The Hall–Kier alpha value is -3.39. The van der Waals surface area contributed by atoms with Gasteiger partial charge in [-0.25, -0.2) is 0 Å². The maximum Gasteiger partial charge on any atom is 0.241 e. The van der Waals surface area contributed by atoms with Crippen molar-refractivity contribution in [1.82, 2.24) is 15.0 Å². The number of nitrogens with one attached hydrogen (secondary N) is 1. The van der Waals surface area contributed by atoms with E-state index in [-0.39, 0.29) is 11.8 Å². The summed E-state index contributed by atoms with van der Waals surface area (Å²) < 4.78 is 16.2. The molecule has 2 heterocycles. The molecule has 0 aliphatic carbocycles. The van der Waals surface area contributed by atoms with Crippen LogP contribution in [0.5, 0.6) is 11.5 Å². The monoisotopic (exact) mass is 478 g/mol. The molecule has 4 rings (SSSR count). The zero-order valence-electron chi connectivity index (χ0n) is 21.1. The molecular weight excluding hydrogens is 444 g/mol. The van der Waals surface area contributed by atoms with Crippen LogP contribution in [-0.4, -0.2) is 48.3 Å². The molecule has 35 heavy (non-hydrogen) atoms. The standard InChI is InChI=1S/C27H34N4O4/c1-17(2)21-10-6-8-18(3)25(21)29-27(32)20-9-7-13-31(15-20)16-24-28-26(30-35-24)19-11-12-22(33-4)23(14-19)34-5/h6,8,10-12,14,17,20H,7,9,13,15-16H2,1-5H3,(H,29,32). The molecule has 8 heteroatoms. The Bertz CT molecular complexity index is 1170. The molecule has 1 unspecified atom stereocenters. The average molecular weight is 479 g/mol. The van der Waals surface area contributed by atoms with Crippen LogP contribution in [0.1, 0.15) is 49.6 Å². The molecule has 1 amide bonds. The number of anilines is 1. The highest BCUT2D eigenvalue weighted by molar-refractivity contribution is 5.94. The summed E-state index contributed by atoms with van der Waals surface area (Å²) in [4.78, 5) is 20.0. The first kappa shape index (κ1) is 24.7. The molecule has 1 saturated heterocycles. The Morgan fingerprint density at radius 1 is 1.20 bits per heavy atom. The van der Waals surface area contributed by atoms with Gasteiger partial charge in [-0.3, -0.25) is 9.69 Å². The molecule has 1 aliphatic heterocycles. The van der Waals surface area contributed by atoms with Crippen molar-refractivity contribution >= 4 is 11.6 Å². The van der Waals surface area contributed by atoms with E-state index in [9.17, 15) is 4.79 Å². The molecule has 1 aromatic heterocycles. The lowest BCUT2D eigenvalue weighted by Crippen LogP contribution is -2.40. The van der Waals surface area contributed by atoms with Crippen LogP contribution in [-0.2, 0) is 11.3 Å². The van der Waals surface area contributed by atoms with Crippen molar-refractivity contribution in [2.45, 2.75) is 46.1 Å². The summed E-state index contributed by atoms with van der Waals surface area (Å²) >= 11 is 0. The SMILES string of the molecule is COc1ccc(-c2noc(CN3CCCC(C(=O)Nc4c(C)cccc4C(C)C)C3)n2)cc1OC. The van der Waals surface area contributed by atoms with Crippen molar-refractivity contribution < 1.29 is 18.8 Å². The van der Waals surface area contributed by atoms with Gasteiger partial charge in [-0.2, -0.15) is 4.98 Å². The summed E-state index contributed by atoms with van der Waals surface area (Å²) in [6, 6.07) is 11.7. The van der Waals surface area contributed by atoms with E-state index >= 15 is 0 Å². The molecule has 3 aromatic rings. The molecule has 8 nitrogen and oxygen atoms in total. The van der Waals surface area contributed by atoms with Crippen molar-refractivity contribution in [3.8, 4) is 22.9 Å². The maximum atomic E-state index is 13.2. The Labute approximate surface area is 206 Å². The number of amides is 1. The highest BCUT2D eigenvalue weighted by Gasteiger charge is 2.28. The van der Waals surface area contributed by atoms with Crippen LogP contribution >= 0.6 is 0 Å². The van der Waals surface area contributed by atoms with Gasteiger partial charge in [-0.15, -0.1) is 0 Å². The van der Waals surface area contributed by atoms with Crippen molar-refractivity contribution in [3.05, 3.63) is 53.4 Å². The number of piperidine rings is 1. The van der Waals surface area contributed by atoms with Crippen LogP contribution in [0.3, 0.4) is 0 Å². The van der Waals surface area contributed by atoms with E-state index in [0.29, 0.717) is 42.2 Å². The van der Waals surface area contributed by atoms with E-state index in [1.54, 1.807) is 14.2 Å². The van der Waals surface area contributed by atoms with Gasteiger partial charge in [0.05, 0.1) is 26.7 Å². The molecule has 1 fully saturated rings. The van der Waals surface area contributed by atoms with E-state index in [2.05, 4.69) is 40.3 Å². The lowest BCUT2D eigenvalue weighted by Gasteiger charge is -2.31. The summed E-state index contributed by atoms with van der Waals surface area (Å²) in [6.45, 7) is 8.38. The number of para-hydroxylation sites is 1. The molecule has 0 saturated carbocycles. The Morgan fingerprint density at radius 2 is 2.00 bits per heavy atom. The summed E-state index contributed by atoms with van der Waals surface area (Å²) in [7, 11) is 3.19. The predicted molar refractivity (Wildman–Crippen MR) is 135 cm³/mol. The van der Waals surface area contributed by atoms with Gasteiger partial charge >= 0.3 is 0 Å². The molecule has 1 N–H and O–H groups in total. The predicted octanol–water partition coefficient (Wildman–Crippen LogP) is 5.04. The minimum Gasteiger partial charge on any atom is -0.493 e. The smallest absolute Gasteiger partial charge is 0.241 e. The number of nitrogens with zero attached hydrogens (tertiary/aromatic N) is 3. The van der Waals surface area contributed by atoms with Gasteiger partial charge in [-0.05, 0) is 61.6 Å². The van der Waals surface area contributed by atoms with Gasteiger partial charge in [0.2, 0.25) is 17.6 Å². The van der Waals surface area contributed by atoms with E-state index in [1.165, 1.54) is 5.56 Å². The first-order valence-corrected chi connectivity index (χ1v) is 12.1. The number of aryl methyl sites for hydroxylation is 1. The number of hydrogen-bond donors (Lipinski definition) is 1. The summed E-state index contributed by atoms with van der Waals surface area (Å²) in [5, 5.41) is 7.36. The normalized spacial score (nSPS) is 16.3. The summed E-state index contributed by atoms with van der Waals surface area (Å²) in [5.74, 6) is 2.59. The molecule has 1 atom stereocenters. The topological polar surface area (TPSA) is 89.7 Å². The zero-order valence-corrected chi connectivity index (χ0v) is 21.1. The lowest BCUT2D eigenvalue weighted by atomic mass is 9.95. The first-order valence-electron chi connectivity index (χ1n) is 12.1. The van der Waals surface area contributed by atoms with Crippen LogP contribution in [0.25, 0.3) is 11.4 Å². The fraction of sp³-hybridized carbons (Fsp3) is 0.444. The first-order chi connectivity index (χ1) is 16.9. The van der Waals surface area contributed by atoms with Crippen LogP contribution < -0.4 is 14.8 Å². The van der Waals surface area contributed by atoms with Gasteiger partial charge in [0.25, 0.3) is 0 Å². The Balaban J connectivity index is 1.41. The van der Waals surface area contributed by atoms with E-state index in [0.717, 1.165) is 36.2 Å². The number of carbonyl (C=O) groups is 1. The summed E-state index contributed by atoms with van der Waals surface area (Å²) in [5.41, 5.74) is 3.99. The van der Waals surface area contributed by atoms with Gasteiger partial charge in [0, 0.05) is 17.8 Å². The van der Waals surface area contributed by atoms with Crippen LogP contribution in [0, 0.1) is 12.8 Å². The number of benzene rings is 2. The Kier molecular flexibility index (Phi) is 7.70. The van der Waals surface area contributed by atoms with Gasteiger partial charge in [0.1, 0.15) is 0 Å². The van der Waals surface area contributed by atoms with Gasteiger partial charge < -0.3 is 19.3 Å². The third-order valence-electron chi connectivity index (χ3n) is 6.52. The van der Waals surface area contributed by atoms with Crippen molar-refractivity contribution in [2.75, 3.05) is 32.6 Å². The van der Waals surface area contributed by atoms with Gasteiger partial charge in [-0.1, -0.05) is 37.2 Å². The molecular formula is C27H34N4O4. The van der Waals surface area contributed by atoms with Crippen LogP contribution in [0.2, 0.25) is 0 Å². The zero-order chi connectivity index (χ0) is 24.9. The number of carbonyl (C=O) groups excluding carboxylic acids is 1. The van der Waals surface area contributed by atoms with Crippen molar-refractivity contribution in [2.24, 2.45) is 5.92 Å². The van der Waals surface area contributed by atoms with Crippen LogP contribution in [0.4, 0.5) is 5.69 Å². The molecule has 186 valence electrons. The summed E-state index contributed by atoms with van der Waals surface area (Å²) in [6.07, 6.45) is 1.81. The fourth-order valence-electron chi connectivity index (χ4n) is 4.58. The van der Waals surface area contributed by atoms with Crippen LogP contribution in [0.15, 0.2) is 40.9 Å². The maximum absolute atomic E-state index is 13.2. The quantitative estimate of drug-likeness (QED) is 0.485.